The third-order valence-electron chi connectivity index (χ3n) is 1.54. The molecule has 14 heavy (non-hydrogen) atoms. The van der Waals surface area contributed by atoms with E-state index in [-0.39, 0.29) is 17.6 Å². The molecule has 0 aliphatic carbocycles. The Balaban J connectivity index is 0. The molecule has 0 aromatic heterocycles. The van der Waals surface area contributed by atoms with Gasteiger partial charge in [0.15, 0.2) is 5.78 Å². The van der Waals surface area contributed by atoms with Crippen LogP contribution in [0.4, 0.5) is 0 Å². The molecular weight excluding hydrogens is 176 g/mol. The molecule has 2 heteroatoms. The number of ketones is 2. The van der Waals surface area contributed by atoms with Crippen molar-refractivity contribution >= 4 is 11.6 Å². The first-order chi connectivity index (χ1) is 6.32. The summed E-state index contributed by atoms with van der Waals surface area (Å²) in [7, 11) is 0. The van der Waals surface area contributed by atoms with E-state index in [1.807, 2.05) is 34.6 Å². The summed E-state index contributed by atoms with van der Waals surface area (Å²) in [6, 6.07) is 0. The van der Waals surface area contributed by atoms with Gasteiger partial charge in [-0.15, -0.1) is 0 Å². The molecule has 0 radical (unpaired) electrons. The van der Waals surface area contributed by atoms with Crippen LogP contribution in [0.1, 0.15) is 41.5 Å². The van der Waals surface area contributed by atoms with Crippen molar-refractivity contribution in [3.05, 3.63) is 12.2 Å². The lowest BCUT2D eigenvalue weighted by Gasteiger charge is -2.05. The predicted molar refractivity (Wildman–Crippen MR) is 60.2 cm³/mol. The monoisotopic (exact) mass is 198 g/mol. The molecule has 0 aliphatic rings. The van der Waals surface area contributed by atoms with Gasteiger partial charge >= 0.3 is 0 Å². The number of hydrogen-bond acceptors (Lipinski definition) is 2. The lowest BCUT2D eigenvalue weighted by Crippen LogP contribution is -2.13. The summed E-state index contributed by atoms with van der Waals surface area (Å²) >= 11 is 0. The van der Waals surface area contributed by atoms with Crippen LogP contribution in [-0.4, -0.2) is 11.6 Å². The molecule has 0 bridgehead atoms. The SMILES string of the molecule is CC(C)C(=O)C(C)C.CC=CC(C)=O. The minimum atomic E-state index is 0.109. The molecule has 0 amide bonds. The Morgan fingerprint density at radius 2 is 1.36 bits per heavy atom. The van der Waals surface area contributed by atoms with Gasteiger partial charge in [-0.05, 0) is 19.9 Å². The first kappa shape index (κ1) is 15.5. The molecule has 0 rings (SSSR count). The molecule has 0 fully saturated rings. The molecule has 0 N–H and O–H groups in total. The Morgan fingerprint density at radius 3 is 1.36 bits per heavy atom. The second-order valence-electron chi connectivity index (χ2n) is 3.82. The maximum Gasteiger partial charge on any atom is 0.152 e. The summed E-state index contributed by atoms with van der Waals surface area (Å²) in [6.07, 6.45) is 3.25. The largest absolute Gasteiger partial charge is 0.299 e. The van der Waals surface area contributed by atoms with Gasteiger partial charge in [-0.25, -0.2) is 0 Å². The van der Waals surface area contributed by atoms with Crippen LogP contribution < -0.4 is 0 Å². The fourth-order valence-corrected chi connectivity index (χ4v) is 0.901. The molecule has 0 saturated carbocycles. The van der Waals surface area contributed by atoms with Crippen molar-refractivity contribution in [3.8, 4) is 0 Å². The lowest BCUT2D eigenvalue weighted by atomic mass is 9.99. The Kier molecular flexibility index (Phi) is 9.63. The minimum absolute atomic E-state index is 0.109. The normalized spacial score (nSPS) is 10.3. The first-order valence-electron chi connectivity index (χ1n) is 4.99. The highest BCUT2D eigenvalue weighted by Crippen LogP contribution is 2.03. The predicted octanol–water partition coefficient (Wildman–Crippen LogP) is 3.02. The molecule has 0 aromatic carbocycles. The van der Waals surface area contributed by atoms with Crippen LogP contribution in [0.5, 0.6) is 0 Å². The van der Waals surface area contributed by atoms with Crippen LogP contribution in [0.25, 0.3) is 0 Å². The Morgan fingerprint density at radius 1 is 1.00 bits per heavy atom. The molecule has 0 saturated heterocycles. The van der Waals surface area contributed by atoms with E-state index < -0.39 is 0 Å². The van der Waals surface area contributed by atoms with E-state index >= 15 is 0 Å². The molecule has 0 aromatic rings. The zero-order valence-electron chi connectivity index (χ0n) is 10.1. The van der Waals surface area contributed by atoms with Gasteiger partial charge in [0.1, 0.15) is 5.78 Å². The summed E-state index contributed by atoms with van der Waals surface area (Å²) in [5.41, 5.74) is 0. The summed E-state index contributed by atoms with van der Waals surface area (Å²) in [5.74, 6) is 0.868. The van der Waals surface area contributed by atoms with Gasteiger partial charge in [-0.2, -0.15) is 0 Å². The van der Waals surface area contributed by atoms with Crippen LogP contribution in [0.15, 0.2) is 12.2 Å². The van der Waals surface area contributed by atoms with Crippen molar-refractivity contribution in [3.63, 3.8) is 0 Å². The van der Waals surface area contributed by atoms with Gasteiger partial charge in [0.2, 0.25) is 0 Å². The number of rotatable bonds is 3. The van der Waals surface area contributed by atoms with E-state index in [9.17, 15) is 9.59 Å². The number of allylic oxidation sites excluding steroid dienone is 2. The summed E-state index contributed by atoms with van der Waals surface area (Å²) in [4.78, 5) is 20.8. The minimum Gasteiger partial charge on any atom is -0.299 e. The highest BCUT2D eigenvalue weighted by atomic mass is 16.1. The van der Waals surface area contributed by atoms with E-state index in [0.717, 1.165) is 0 Å². The number of carbonyl (C=O) groups excluding carboxylic acids is 2. The molecule has 0 spiro atoms. The number of carbonyl (C=O) groups is 2. The van der Waals surface area contributed by atoms with Crippen LogP contribution in [-0.2, 0) is 9.59 Å². The maximum atomic E-state index is 10.8. The van der Waals surface area contributed by atoms with Gasteiger partial charge in [-0.1, -0.05) is 33.8 Å². The highest BCUT2D eigenvalue weighted by Gasteiger charge is 2.09. The van der Waals surface area contributed by atoms with Gasteiger partial charge in [0, 0.05) is 11.8 Å². The van der Waals surface area contributed by atoms with Crippen molar-refractivity contribution < 1.29 is 9.59 Å². The van der Waals surface area contributed by atoms with E-state index in [1.165, 1.54) is 13.0 Å². The quantitative estimate of drug-likeness (QED) is 0.653. The van der Waals surface area contributed by atoms with Crippen LogP contribution in [0.2, 0.25) is 0 Å². The molecule has 0 aliphatic heterocycles. The third-order valence-corrected chi connectivity index (χ3v) is 1.54. The fourth-order valence-electron chi connectivity index (χ4n) is 0.901. The van der Waals surface area contributed by atoms with Gasteiger partial charge in [-0.3, -0.25) is 9.59 Å². The Hall–Kier alpha value is -0.920. The summed E-state index contributed by atoms with van der Waals surface area (Å²) in [5, 5.41) is 0. The molecule has 82 valence electrons. The molecule has 0 heterocycles. The highest BCUT2D eigenvalue weighted by molar-refractivity contribution is 5.87. The second-order valence-corrected chi connectivity index (χ2v) is 3.82. The topological polar surface area (TPSA) is 34.1 Å². The smallest absolute Gasteiger partial charge is 0.152 e. The zero-order valence-corrected chi connectivity index (χ0v) is 10.1. The van der Waals surface area contributed by atoms with Crippen molar-refractivity contribution in [1.82, 2.24) is 0 Å². The van der Waals surface area contributed by atoms with Crippen LogP contribution in [0.3, 0.4) is 0 Å². The lowest BCUT2D eigenvalue weighted by molar-refractivity contribution is -0.124. The van der Waals surface area contributed by atoms with Crippen LogP contribution >= 0.6 is 0 Å². The molecule has 0 atom stereocenters. The van der Waals surface area contributed by atoms with Crippen molar-refractivity contribution in [2.24, 2.45) is 11.8 Å². The molecule has 2 nitrogen and oxygen atoms in total. The van der Waals surface area contributed by atoms with Crippen molar-refractivity contribution in [2.45, 2.75) is 41.5 Å². The third kappa shape index (κ3) is 11.1. The van der Waals surface area contributed by atoms with E-state index in [4.69, 9.17) is 0 Å². The van der Waals surface area contributed by atoms with E-state index in [1.54, 1.807) is 6.08 Å². The first-order valence-corrected chi connectivity index (χ1v) is 4.99. The van der Waals surface area contributed by atoms with Gasteiger partial charge < -0.3 is 0 Å². The zero-order chi connectivity index (χ0) is 11.7. The standard InChI is InChI=1S/C7H14O.C5H8O/c1-5(2)7(8)6(3)4;1-3-4-5(2)6/h5-6H,1-4H3;3-4H,1-2H3. The summed E-state index contributed by atoms with van der Waals surface area (Å²) < 4.78 is 0. The fraction of sp³-hybridized carbons (Fsp3) is 0.667. The maximum absolute atomic E-state index is 10.8. The second kappa shape index (κ2) is 8.67. The molecule has 0 unspecified atom stereocenters. The van der Waals surface area contributed by atoms with Crippen molar-refractivity contribution in [2.75, 3.05) is 0 Å². The Labute approximate surface area is 87.4 Å². The van der Waals surface area contributed by atoms with Gasteiger partial charge in [0.25, 0.3) is 0 Å². The number of Topliss-reactive ketones (excluding diaryl/α,β-unsaturated/α-hetero) is 1. The van der Waals surface area contributed by atoms with Crippen molar-refractivity contribution in [1.29, 1.82) is 0 Å². The Bertz CT molecular complexity index is 190. The average molecular weight is 198 g/mol. The van der Waals surface area contributed by atoms with E-state index in [0.29, 0.717) is 5.78 Å². The summed E-state index contributed by atoms with van der Waals surface area (Å²) in [6.45, 7) is 11.1. The van der Waals surface area contributed by atoms with Crippen LogP contribution in [0, 0.1) is 11.8 Å². The average Bonchev–Trinajstić information content (AvgIpc) is 2.03. The molecular formula is C12H22O2. The van der Waals surface area contributed by atoms with Gasteiger partial charge in [0.05, 0.1) is 0 Å². The van der Waals surface area contributed by atoms with E-state index in [2.05, 4.69) is 0 Å². The number of hydrogen-bond donors (Lipinski definition) is 0.